The van der Waals surface area contributed by atoms with E-state index in [2.05, 4.69) is 24.1 Å². The monoisotopic (exact) mass is 482 g/mol. The molecule has 2 amide bonds. The van der Waals surface area contributed by atoms with Crippen molar-refractivity contribution in [3.63, 3.8) is 0 Å². The Labute approximate surface area is 206 Å². The second kappa shape index (κ2) is 11.3. The maximum atomic E-state index is 13.3. The molecule has 9 nitrogen and oxygen atoms in total. The highest BCUT2D eigenvalue weighted by Crippen LogP contribution is 2.31. The Morgan fingerprint density at radius 1 is 1.14 bits per heavy atom. The number of piperidine rings is 1. The van der Waals surface area contributed by atoms with Gasteiger partial charge in [0, 0.05) is 44.2 Å². The highest BCUT2D eigenvalue weighted by atomic mass is 16.6. The third-order valence-electron chi connectivity index (χ3n) is 6.01. The van der Waals surface area contributed by atoms with Crippen LogP contribution >= 0.6 is 0 Å². The van der Waals surface area contributed by atoms with Crippen LogP contribution in [0.15, 0.2) is 48.5 Å². The number of hydrogen-bond donors (Lipinski definition) is 1. The number of nitrogens with zero attached hydrogens (tertiary/aromatic N) is 3. The van der Waals surface area contributed by atoms with Crippen molar-refractivity contribution < 1.29 is 19.2 Å². The van der Waals surface area contributed by atoms with E-state index in [0.717, 1.165) is 6.54 Å². The summed E-state index contributed by atoms with van der Waals surface area (Å²) in [6.07, 6.45) is 1.07. The molecule has 1 heterocycles. The molecule has 0 bridgehead atoms. The lowest BCUT2D eigenvalue weighted by Crippen LogP contribution is -2.46. The number of ether oxygens (including phenoxy) is 1. The molecule has 3 rings (SSSR count). The van der Waals surface area contributed by atoms with E-state index in [9.17, 15) is 19.7 Å². The Kier molecular flexibility index (Phi) is 8.45. The molecule has 2 aromatic rings. The molecule has 0 atom stereocenters. The van der Waals surface area contributed by atoms with Crippen molar-refractivity contribution >= 4 is 17.5 Å². The molecule has 2 aromatic carbocycles. The predicted octanol–water partition coefficient (Wildman–Crippen LogP) is 3.94. The summed E-state index contributed by atoms with van der Waals surface area (Å²) in [7, 11) is 4.02. The number of hydrogen-bond acceptors (Lipinski definition) is 6. The Balaban J connectivity index is 1.66. The fourth-order valence-electron chi connectivity index (χ4n) is 4.40. The first-order valence-electron chi connectivity index (χ1n) is 11.8. The lowest BCUT2D eigenvalue weighted by molar-refractivity contribution is -0.384. The van der Waals surface area contributed by atoms with Crippen molar-refractivity contribution in [1.82, 2.24) is 15.1 Å². The van der Waals surface area contributed by atoms with Gasteiger partial charge < -0.3 is 19.9 Å². The molecule has 9 heteroatoms. The first-order chi connectivity index (χ1) is 16.6. The van der Waals surface area contributed by atoms with Crippen molar-refractivity contribution in [3.05, 3.63) is 64.2 Å². The zero-order valence-electron chi connectivity index (χ0n) is 20.8. The van der Waals surface area contributed by atoms with Gasteiger partial charge in [0.25, 0.3) is 11.6 Å². The van der Waals surface area contributed by atoms with Crippen LogP contribution in [0.4, 0.5) is 5.69 Å². The highest BCUT2D eigenvalue weighted by molar-refractivity contribution is 5.98. The zero-order valence-corrected chi connectivity index (χ0v) is 20.8. The number of rotatable bonds is 9. The van der Waals surface area contributed by atoms with Gasteiger partial charge in [0.05, 0.1) is 10.5 Å². The number of nitrogens with one attached hydrogen (secondary N) is 1. The van der Waals surface area contributed by atoms with Gasteiger partial charge in [-0.1, -0.05) is 32.0 Å². The smallest absolute Gasteiger partial charge is 0.270 e. The number of nitro benzene ring substituents is 1. The van der Waals surface area contributed by atoms with Crippen molar-refractivity contribution in [2.24, 2.45) is 11.3 Å². The van der Waals surface area contributed by atoms with Crippen LogP contribution in [-0.4, -0.2) is 66.8 Å². The summed E-state index contributed by atoms with van der Waals surface area (Å²) in [4.78, 5) is 40.6. The maximum Gasteiger partial charge on any atom is 0.270 e. The van der Waals surface area contributed by atoms with E-state index in [1.54, 1.807) is 29.2 Å². The van der Waals surface area contributed by atoms with E-state index in [-0.39, 0.29) is 40.1 Å². The van der Waals surface area contributed by atoms with Crippen LogP contribution in [0.2, 0.25) is 0 Å². The van der Waals surface area contributed by atoms with Gasteiger partial charge in [0.1, 0.15) is 11.5 Å². The lowest BCUT2D eigenvalue weighted by Gasteiger charge is -2.33. The molecular weight excluding hydrogens is 448 g/mol. The predicted molar refractivity (Wildman–Crippen MR) is 134 cm³/mol. The summed E-state index contributed by atoms with van der Waals surface area (Å²) in [6.45, 7) is 6.45. The lowest BCUT2D eigenvalue weighted by atomic mass is 9.91. The Morgan fingerprint density at radius 2 is 1.80 bits per heavy atom. The van der Waals surface area contributed by atoms with Gasteiger partial charge in [-0.3, -0.25) is 19.7 Å². The number of para-hydroxylation sites is 1. The van der Waals surface area contributed by atoms with E-state index < -0.39 is 4.92 Å². The molecule has 35 heavy (non-hydrogen) atoms. The van der Waals surface area contributed by atoms with Gasteiger partial charge in [-0.2, -0.15) is 0 Å². The molecule has 0 radical (unpaired) electrons. The van der Waals surface area contributed by atoms with E-state index in [1.165, 1.54) is 18.2 Å². The van der Waals surface area contributed by atoms with Crippen LogP contribution in [-0.2, 0) is 4.79 Å². The average molecular weight is 483 g/mol. The molecule has 0 unspecified atom stereocenters. The van der Waals surface area contributed by atoms with Gasteiger partial charge in [-0.25, -0.2) is 0 Å². The van der Waals surface area contributed by atoms with Crippen LogP contribution in [0.1, 0.15) is 37.0 Å². The van der Waals surface area contributed by atoms with E-state index in [1.807, 2.05) is 20.2 Å². The molecule has 0 spiro atoms. The SMILES string of the molecule is CN(C)CC(C)(C)CNC(=O)C1CCN(C(=O)c2cc([N+](=O)[O-])ccc2Oc2ccccc2)CC1. The highest BCUT2D eigenvalue weighted by Gasteiger charge is 2.31. The Hall–Kier alpha value is -3.46. The fourth-order valence-corrected chi connectivity index (χ4v) is 4.40. The van der Waals surface area contributed by atoms with Crippen LogP contribution < -0.4 is 10.1 Å². The van der Waals surface area contributed by atoms with Gasteiger partial charge in [0.2, 0.25) is 5.91 Å². The number of nitro groups is 1. The fraction of sp³-hybridized carbons (Fsp3) is 0.462. The first-order valence-corrected chi connectivity index (χ1v) is 11.8. The van der Waals surface area contributed by atoms with E-state index in [4.69, 9.17) is 4.74 Å². The molecule has 0 saturated carbocycles. The van der Waals surface area contributed by atoms with Crippen molar-refractivity contribution in [2.45, 2.75) is 26.7 Å². The van der Waals surface area contributed by atoms with Gasteiger partial charge >= 0.3 is 0 Å². The Bertz CT molecular complexity index is 1050. The number of carbonyl (C=O) groups is 2. The third kappa shape index (κ3) is 7.26. The van der Waals surface area contributed by atoms with Crippen molar-refractivity contribution in [3.8, 4) is 11.5 Å². The van der Waals surface area contributed by atoms with Crippen LogP contribution in [0.25, 0.3) is 0 Å². The number of amides is 2. The standard InChI is InChI=1S/C26H34N4O5/c1-26(2,18-28(3)4)17-27-24(31)19-12-14-29(15-13-19)25(32)22-16-20(30(33)34)10-11-23(22)35-21-8-6-5-7-9-21/h5-11,16,19H,12-15,17-18H2,1-4H3,(H,27,31). The second-order valence-electron chi connectivity index (χ2n) is 10.0. The number of carbonyl (C=O) groups excluding carboxylic acids is 2. The van der Waals surface area contributed by atoms with Gasteiger partial charge in [0.15, 0.2) is 0 Å². The maximum absolute atomic E-state index is 13.3. The molecule has 1 saturated heterocycles. The van der Waals surface area contributed by atoms with Crippen LogP contribution in [0, 0.1) is 21.4 Å². The Morgan fingerprint density at radius 3 is 2.40 bits per heavy atom. The summed E-state index contributed by atoms with van der Waals surface area (Å²) in [5.41, 5.74) is -0.0905. The molecular formula is C26H34N4O5. The summed E-state index contributed by atoms with van der Waals surface area (Å²) in [5, 5.41) is 14.4. The zero-order chi connectivity index (χ0) is 25.6. The number of non-ortho nitro benzene ring substituents is 1. The van der Waals surface area contributed by atoms with E-state index >= 15 is 0 Å². The largest absolute Gasteiger partial charge is 0.457 e. The average Bonchev–Trinajstić information content (AvgIpc) is 2.82. The van der Waals surface area contributed by atoms with E-state index in [0.29, 0.717) is 38.2 Å². The quantitative estimate of drug-likeness (QED) is 0.429. The minimum Gasteiger partial charge on any atom is -0.457 e. The molecule has 0 aromatic heterocycles. The topological polar surface area (TPSA) is 105 Å². The third-order valence-corrected chi connectivity index (χ3v) is 6.01. The van der Waals surface area contributed by atoms with Crippen molar-refractivity contribution in [2.75, 3.05) is 40.3 Å². The first kappa shape index (κ1) is 26.2. The summed E-state index contributed by atoms with van der Waals surface area (Å²) < 4.78 is 5.87. The molecule has 1 N–H and O–H groups in total. The molecule has 1 aliphatic rings. The van der Waals surface area contributed by atoms with Gasteiger partial charge in [-0.15, -0.1) is 0 Å². The molecule has 188 valence electrons. The normalized spacial score (nSPS) is 14.6. The minimum absolute atomic E-state index is 0.00683. The summed E-state index contributed by atoms with van der Waals surface area (Å²) in [5.74, 6) is 0.287. The number of benzene rings is 2. The number of likely N-dealkylation sites (tertiary alicyclic amines) is 1. The molecule has 1 aliphatic heterocycles. The van der Waals surface area contributed by atoms with Crippen LogP contribution in [0.3, 0.4) is 0 Å². The summed E-state index contributed by atoms with van der Waals surface area (Å²) in [6, 6.07) is 13.0. The van der Waals surface area contributed by atoms with Gasteiger partial charge in [-0.05, 0) is 50.6 Å². The van der Waals surface area contributed by atoms with Crippen LogP contribution in [0.5, 0.6) is 11.5 Å². The molecule has 1 fully saturated rings. The van der Waals surface area contributed by atoms with Crippen molar-refractivity contribution in [1.29, 1.82) is 0 Å². The minimum atomic E-state index is -0.530. The molecule has 0 aliphatic carbocycles. The second-order valence-corrected chi connectivity index (χ2v) is 10.0. The summed E-state index contributed by atoms with van der Waals surface area (Å²) >= 11 is 0.